The lowest BCUT2D eigenvalue weighted by Crippen LogP contribution is -2.41. The van der Waals surface area contributed by atoms with Crippen molar-refractivity contribution in [1.82, 2.24) is 0 Å². The first-order chi connectivity index (χ1) is 12.4. The first-order valence-electron chi connectivity index (χ1n) is 8.13. The van der Waals surface area contributed by atoms with E-state index in [1.165, 1.54) is 11.0 Å². The highest BCUT2D eigenvalue weighted by molar-refractivity contribution is 7.94. The molecular formula is C19H18ClNO4S. The predicted octanol–water partition coefficient (Wildman–Crippen LogP) is 3.70. The number of amides is 1. The lowest BCUT2D eigenvalue weighted by Gasteiger charge is -2.28. The summed E-state index contributed by atoms with van der Waals surface area (Å²) in [6.45, 7) is 2.42. The molecular weight excluding hydrogens is 374 g/mol. The second kappa shape index (κ2) is 7.51. The van der Waals surface area contributed by atoms with E-state index in [0.717, 1.165) is 5.41 Å². The van der Waals surface area contributed by atoms with E-state index in [0.29, 0.717) is 28.6 Å². The number of anilines is 1. The molecule has 3 rings (SSSR count). The summed E-state index contributed by atoms with van der Waals surface area (Å²) in [5, 5.41) is 1.47. The minimum Gasteiger partial charge on any atom is -0.494 e. The second-order valence-corrected chi connectivity index (χ2v) is 8.15. The van der Waals surface area contributed by atoms with Gasteiger partial charge in [-0.1, -0.05) is 23.7 Å². The third kappa shape index (κ3) is 3.92. The molecule has 1 atom stereocenters. The van der Waals surface area contributed by atoms with Gasteiger partial charge >= 0.3 is 0 Å². The third-order valence-corrected chi connectivity index (χ3v) is 5.70. The predicted molar refractivity (Wildman–Crippen MR) is 103 cm³/mol. The molecule has 1 aliphatic heterocycles. The zero-order valence-electron chi connectivity index (χ0n) is 14.1. The van der Waals surface area contributed by atoms with E-state index >= 15 is 0 Å². The number of carbonyl (C=O) groups is 1. The van der Waals surface area contributed by atoms with E-state index in [4.69, 9.17) is 16.3 Å². The largest absolute Gasteiger partial charge is 0.494 e. The summed E-state index contributed by atoms with van der Waals surface area (Å²) in [5.41, 5.74) is 0.894. The molecule has 1 amide bonds. The minimum atomic E-state index is -3.32. The van der Waals surface area contributed by atoms with Crippen LogP contribution in [0.5, 0.6) is 5.75 Å². The Bertz CT molecular complexity index is 938. The first kappa shape index (κ1) is 18.5. The molecule has 0 radical (unpaired) electrons. The number of hydrogen-bond donors (Lipinski definition) is 0. The molecule has 7 heteroatoms. The van der Waals surface area contributed by atoms with Gasteiger partial charge in [-0.2, -0.15) is 0 Å². The van der Waals surface area contributed by atoms with Crippen molar-refractivity contribution in [3.05, 3.63) is 70.6 Å². The Morgan fingerprint density at radius 1 is 1.19 bits per heavy atom. The summed E-state index contributed by atoms with van der Waals surface area (Å²) in [5.74, 6) is 0.165. The maximum absolute atomic E-state index is 13.2. The molecule has 0 aliphatic carbocycles. The van der Waals surface area contributed by atoms with E-state index in [2.05, 4.69) is 0 Å². The molecule has 1 aliphatic rings. The average Bonchev–Trinajstić information content (AvgIpc) is 2.97. The summed E-state index contributed by atoms with van der Waals surface area (Å²) in [6, 6.07) is 13.1. The first-order valence-corrected chi connectivity index (χ1v) is 10.2. The highest BCUT2D eigenvalue weighted by atomic mass is 35.5. The fourth-order valence-electron chi connectivity index (χ4n) is 2.81. The summed E-state index contributed by atoms with van der Waals surface area (Å²) >= 11 is 6.18. The van der Waals surface area contributed by atoms with Crippen LogP contribution >= 0.6 is 11.6 Å². The van der Waals surface area contributed by atoms with E-state index < -0.39 is 15.9 Å². The van der Waals surface area contributed by atoms with E-state index in [1.807, 2.05) is 6.92 Å². The SMILES string of the molecule is CCOc1ccc(N(C(=O)c2ccccc2Cl)[C@@H]2C=CS(=O)(=O)C2)cc1. The zero-order valence-corrected chi connectivity index (χ0v) is 15.7. The summed E-state index contributed by atoms with van der Waals surface area (Å²) in [6.07, 6.45) is 1.53. The van der Waals surface area contributed by atoms with Gasteiger partial charge in [-0.15, -0.1) is 0 Å². The Kier molecular flexibility index (Phi) is 5.34. The molecule has 0 fully saturated rings. The van der Waals surface area contributed by atoms with Gasteiger partial charge in [-0.05, 0) is 49.4 Å². The monoisotopic (exact) mass is 391 g/mol. The molecule has 2 aromatic rings. The van der Waals surface area contributed by atoms with Crippen LogP contribution in [0.15, 0.2) is 60.0 Å². The molecule has 2 aromatic carbocycles. The average molecular weight is 392 g/mol. The van der Waals surface area contributed by atoms with Crippen molar-refractivity contribution in [2.75, 3.05) is 17.3 Å². The van der Waals surface area contributed by atoms with E-state index in [1.54, 1.807) is 48.5 Å². The maximum Gasteiger partial charge on any atom is 0.260 e. The van der Waals surface area contributed by atoms with Gasteiger partial charge in [0.25, 0.3) is 5.91 Å². The fraction of sp³-hybridized carbons (Fsp3) is 0.211. The standard InChI is InChI=1S/C19H18ClNO4S/c1-2-25-16-9-7-14(8-10-16)21(15-11-12-26(23,24)13-15)19(22)17-5-3-4-6-18(17)20/h3-12,15H,2,13H2,1H3/t15-/m1/s1. The van der Waals surface area contributed by atoms with Crippen molar-refractivity contribution < 1.29 is 17.9 Å². The number of rotatable bonds is 5. The van der Waals surface area contributed by atoms with Gasteiger partial charge in [0.1, 0.15) is 5.75 Å². The molecule has 0 bridgehead atoms. The third-order valence-electron chi connectivity index (χ3n) is 3.99. The van der Waals surface area contributed by atoms with Crippen molar-refractivity contribution in [3.8, 4) is 5.75 Å². The van der Waals surface area contributed by atoms with Gasteiger partial charge in [0.2, 0.25) is 0 Å². The molecule has 1 heterocycles. The molecule has 0 aromatic heterocycles. The summed E-state index contributed by atoms with van der Waals surface area (Å²) < 4.78 is 29.2. The van der Waals surface area contributed by atoms with Crippen LogP contribution in [0.2, 0.25) is 5.02 Å². The molecule has 0 N–H and O–H groups in total. The van der Waals surface area contributed by atoms with Crippen LogP contribution in [0.25, 0.3) is 0 Å². The molecule has 5 nitrogen and oxygen atoms in total. The summed E-state index contributed by atoms with van der Waals surface area (Å²) in [7, 11) is -3.32. The Morgan fingerprint density at radius 2 is 1.88 bits per heavy atom. The number of ether oxygens (including phenoxy) is 1. The number of halogens is 1. The topological polar surface area (TPSA) is 63.7 Å². The quantitative estimate of drug-likeness (QED) is 0.779. The van der Waals surface area contributed by atoms with Gasteiger partial charge in [-0.25, -0.2) is 8.42 Å². The maximum atomic E-state index is 13.2. The Hall–Kier alpha value is -2.31. The van der Waals surface area contributed by atoms with Gasteiger partial charge in [-0.3, -0.25) is 4.79 Å². The molecule has 0 saturated heterocycles. The van der Waals surface area contributed by atoms with Crippen molar-refractivity contribution in [2.24, 2.45) is 0 Å². The van der Waals surface area contributed by atoms with Gasteiger partial charge in [0, 0.05) is 11.1 Å². The van der Waals surface area contributed by atoms with Crippen LogP contribution in [0.4, 0.5) is 5.69 Å². The Labute approximate surface area is 157 Å². The second-order valence-electron chi connectivity index (χ2n) is 5.81. The Morgan fingerprint density at radius 3 is 2.46 bits per heavy atom. The number of sulfone groups is 1. The number of carbonyl (C=O) groups excluding carboxylic acids is 1. The van der Waals surface area contributed by atoms with Gasteiger partial charge in [0.15, 0.2) is 9.84 Å². The van der Waals surface area contributed by atoms with Crippen LogP contribution in [-0.4, -0.2) is 32.7 Å². The summed E-state index contributed by atoms with van der Waals surface area (Å²) in [4.78, 5) is 14.6. The lowest BCUT2D eigenvalue weighted by atomic mass is 10.1. The molecule has 0 unspecified atom stereocenters. The van der Waals surface area contributed by atoms with Crippen molar-refractivity contribution in [1.29, 1.82) is 0 Å². The molecule has 0 saturated carbocycles. The lowest BCUT2D eigenvalue weighted by molar-refractivity contribution is 0.0983. The number of hydrogen-bond acceptors (Lipinski definition) is 4. The minimum absolute atomic E-state index is 0.156. The highest BCUT2D eigenvalue weighted by Crippen LogP contribution is 2.28. The van der Waals surface area contributed by atoms with Crippen LogP contribution < -0.4 is 9.64 Å². The Balaban J connectivity index is 2.01. The van der Waals surface area contributed by atoms with Crippen LogP contribution in [-0.2, 0) is 9.84 Å². The van der Waals surface area contributed by atoms with Crippen LogP contribution in [0.1, 0.15) is 17.3 Å². The number of benzene rings is 2. The van der Waals surface area contributed by atoms with Crippen molar-refractivity contribution in [2.45, 2.75) is 13.0 Å². The van der Waals surface area contributed by atoms with Crippen LogP contribution in [0, 0.1) is 0 Å². The molecule has 136 valence electrons. The smallest absolute Gasteiger partial charge is 0.260 e. The highest BCUT2D eigenvalue weighted by Gasteiger charge is 2.32. The zero-order chi connectivity index (χ0) is 18.7. The van der Waals surface area contributed by atoms with Crippen molar-refractivity contribution >= 4 is 33.0 Å². The van der Waals surface area contributed by atoms with Crippen LogP contribution in [0.3, 0.4) is 0 Å². The normalized spacial score (nSPS) is 17.8. The molecule has 26 heavy (non-hydrogen) atoms. The van der Waals surface area contributed by atoms with E-state index in [9.17, 15) is 13.2 Å². The fourth-order valence-corrected chi connectivity index (χ4v) is 4.30. The molecule has 0 spiro atoms. The van der Waals surface area contributed by atoms with Crippen molar-refractivity contribution in [3.63, 3.8) is 0 Å². The number of nitrogens with zero attached hydrogens (tertiary/aromatic N) is 1. The van der Waals surface area contributed by atoms with Gasteiger partial charge in [0.05, 0.1) is 29.0 Å². The van der Waals surface area contributed by atoms with Gasteiger partial charge < -0.3 is 9.64 Å². The van der Waals surface area contributed by atoms with E-state index in [-0.39, 0.29) is 11.7 Å².